The number of nitrogens with zero attached hydrogens (tertiary/aromatic N) is 1. The summed E-state index contributed by atoms with van der Waals surface area (Å²) in [5.41, 5.74) is 1.04. The van der Waals surface area contributed by atoms with Gasteiger partial charge in [-0.05, 0) is 24.5 Å². The molecule has 1 aromatic carbocycles. The van der Waals surface area contributed by atoms with Crippen molar-refractivity contribution in [1.82, 2.24) is 4.98 Å². The molecule has 0 spiro atoms. The molecule has 2 aromatic rings. The molecule has 0 aliphatic carbocycles. The lowest BCUT2D eigenvalue weighted by Crippen LogP contribution is -1.67. The first-order valence-electron chi connectivity index (χ1n) is 3.39. The number of thiazole rings is 1. The van der Waals surface area contributed by atoms with E-state index < -0.39 is 0 Å². The minimum atomic E-state index is 0.777. The first-order chi connectivity index (χ1) is 5.79. The maximum atomic E-state index is 5.84. The Bertz CT molecular complexity index is 410. The highest BCUT2D eigenvalue weighted by atomic mass is 35.5. The van der Waals surface area contributed by atoms with E-state index >= 15 is 0 Å². The van der Waals surface area contributed by atoms with Gasteiger partial charge in [-0.1, -0.05) is 23.4 Å². The fourth-order valence-corrected chi connectivity index (χ4v) is 2.73. The second kappa shape index (κ2) is 3.24. The highest BCUT2D eigenvalue weighted by Gasteiger charge is 2.01. The van der Waals surface area contributed by atoms with Crippen molar-refractivity contribution in [3.05, 3.63) is 23.2 Å². The van der Waals surface area contributed by atoms with Gasteiger partial charge >= 0.3 is 0 Å². The quantitative estimate of drug-likeness (QED) is 0.674. The summed E-state index contributed by atoms with van der Waals surface area (Å²) in [5, 5.41) is 0.777. The number of halogens is 1. The summed E-state index contributed by atoms with van der Waals surface area (Å²) in [6.07, 6.45) is 2.03. The molecule has 0 aliphatic rings. The van der Waals surface area contributed by atoms with Crippen molar-refractivity contribution in [2.24, 2.45) is 0 Å². The Morgan fingerprint density at radius 1 is 1.50 bits per heavy atom. The number of aromatic nitrogens is 1. The zero-order valence-electron chi connectivity index (χ0n) is 6.37. The summed E-state index contributed by atoms with van der Waals surface area (Å²) in [6, 6.07) is 5.77. The number of hydrogen-bond donors (Lipinski definition) is 0. The molecule has 0 saturated carbocycles. The molecule has 1 heterocycles. The van der Waals surface area contributed by atoms with Gasteiger partial charge in [0.25, 0.3) is 0 Å². The Morgan fingerprint density at radius 2 is 2.33 bits per heavy atom. The van der Waals surface area contributed by atoms with Gasteiger partial charge in [0, 0.05) is 5.02 Å². The first kappa shape index (κ1) is 8.35. The van der Waals surface area contributed by atoms with Crippen LogP contribution in [0.25, 0.3) is 10.2 Å². The molecule has 0 saturated heterocycles. The lowest BCUT2D eigenvalue weighted by Gasteiger charge is -1.86. The molecule has 2 rings (SSSR count). The lowest BCUT2D eigenvalue weighted by molar-refractivity contribution is 1.31. The summed E-state index contributed by atoms with van der Waals surface area (Å²) >= 11 is 9.19. The average Bonchev–Trinajstić information content (AvgIpc) is 2.46. The number of thioether (sulfide) groups is 1. The van der Waals surface area contributed by atoms with Gasteiger partial charge in [-0.15, -0.1) is 11.3 Å². The Hall–Kier alpha value is -0.250. The molecule has 1 aromatic heterocycles. The fraction of sp³-hybridized carbons (Fsp3) is 0.125. The number of hydrogen-bond acceptors (Lipinski definition) is 3. The van der Waals surface area contributed by atoms with E-state index in [0.717, 1.165) is 19.6 Å². The van der Waals surface area contributed by atoms with Gasteiger partial charge in [0.05, 0.1) is 10.2 Å². The number of benzene rings is 1. The van der Waals surface area contributed by atoms with Crippen molar-refractivity contribution >= 4 is 44.9 Å². The monoisotopic (exact) mass is 215 g/mol. The van der Waals surface area contributed by atoms with Crippen molar-refractivity contribution < 1.29 is 0 Å². The topological polar surface area (TPSA) is 12.9 Å². The molecular weight excluding hydrogens is 210 g/mol. The minimum Gasteiger partial charge on any atom is -0.230 e. The molecule has 4 heteroatoms. The SMILES string of the molecule is CSc1nc2ccc(Cl)cc2s1. The van der Waals surface area contributed by atoms with Crippen LogP contribution in [-0.4, -0.2) is 11.2 Å². The molecule has 0 N–H and O–H groups in total. The third kappa shape index (κ3) is 1.44. The summed E-state index contributed by atoms with van der Waals surface area (Å²) in [4.78, 5) is 4.40. The second-order valence-corrected chi connectivity index (χ2v) is 4.82. The van der Waals surface area contributed by atoms with Gasteiger partial charge in [-0.3, -0.25) is 0 Å². The van der Waals surface area contributed by atoms with Crippen LogP contribution in [0.4, 0.5) is 0 Å². The van der Waals surface area contributed by atoms with Crippen LogP contribution in [0.3, 0.4) is 0 Å². The molecular formula is C8H6ClNS2. The maximum Gasteiger partial charge on any atom is 0.150 e. The normalized spacial score (nSPS) is 10.8. The first-order valence-corrected chi connectivity index (χ1v) is 5.81. The summed E-state index contributed by atoms with van der Waals surface area (Å²) < 4.78 is 2.25. The predicted octanol–water partition coefficient (Wildman–Crippen LogP) is 3.67. The number of fused-ring (bicyclic) bond motifs is 1. The van der Waals surface area contributed by atoms with Crippen LogP contribution in [0.2, 0.25) is 5.02 Å². The largest absolute Gasteiger partial charge is 0.230 e. The molecule has 12 heavy (non-hydrogen) atoms. The lowest BCUT2D eigenvalue weighted by atomic mass is 10.3. The van der Waals surface area contributed by atoms with E-state index in [0.29, 0.717) is 0 Å². The van der Waals surface area contributed by atoms with Gasteiger partial charge in [-0.25, -0.2) is 4.98 Å². The standard InChI is InChI=1S/C8H6ClNS2/c1-11-8-10-6-3-2-5(9)4-7(6)12-8/h2-4H,1H3. The summed E-state index contributed by atoms with van der Waals surface area (Å²) in [7, 11) is 0. The van der Waals surface area contributed by atoms with Crippen molar-refractivity contribution in [2.45, 2.75) is 4.34 Å². The molecule has 0 radical (unpaired) electrons. The van der Waals surface area contributed by atoms with E-state index in [9.17, 15) is 0 Å². The van der Waals surface area contributed by atoms with Gasteiger partial charge in [0.15, 0.2) is 4.34 Å². The van der Waals surface area contributed by atoms with E-state index in [-0.39, 0.29) is 0 Å². The summed E-state index contributed by atoms with van der Waals surface area (Å²) in [5.74, 6) is 0. The van der Waals surface area contributed by atoms with Gasteiger partial charge in [0.2, 0.25) is 0 Å². The third-order valence-corrected chi connectivity index (χ3v) is 3.74. The smallest absolute Gasteiger partial charge is 0.150 e. The van der Waals surface area contributed by atoms with Crippen LogP contribution in [0.15, 0.2) is 22.5 Å². The average molecular weight is 216 g/mol. The number of rotatable bonds is 1. The van der Waals surface area contributed by atoms with E-state index in [4.69, 9.17) is 11.6 Å². The molecule has 0 atom stereocenters. The zero-order valence-corrected chi connectivity index (χ0v) is 8.76. The maximum absolute atomic E-state index is 5.84. The Labute approximate surface area is 83.8 Å². The molecule has 0 aliphatic heterocycles. The van der Waals surface area contributed by atoms with E-state index in [2.05, 4.69) is 4.98 Å². The Kier molecular flexibility index (Phi) is 2.26. The van der Waals surface area contributed by atoms with Gasteiger partial charge in [0.1, 0.15) is 0 Å². The van der Waals surface area contributed by atoms with Crippen molar-refractivity contribution in [2.75, 3.05) is 6.26 Å². The molecule has 1 nitrogen and oxygen atoms in total. The fourth-order valence-electron chi connectivity index (χ4n) is 0.965. The van der Waals surface area contributed by atoms with Gasteiger partial charge in [-0.2, -0.15) is 0 Å². The van der Waals surface area contributed by atoms with Gasteiger partial charge < -0.3 is 0 Å². The van der Waals surface area contributed by atoms with Crippen molar-refractivity contribution in [3.63, 3.8) is 0 Å². The van der Waals surface area contributed by atoms with E-state index in [1.165, 1.54) is 0 Å². The molecule has 0 amide bonds. The molecule has 0 fully saturated rings. The molecule has 62 valence electrons. The second-order valence-electron chi connectivity index (χ2n) is 2.30. The van der Waals surface area contributed by atoms with Crippen LogP contribution >= 0.6 is 34.7 Å². The Morgan fingerprint density at radius 3 is 3.08 bits per heavy atom. The van der Waals surface area contributed by atoms with Crippen molar-refractivity contribution in [1.29, 1.82) is 0 Å². The molecule has 0 bridgehead atoms. The van der Waals surface area contributed by atoms with E-state index in [1.807, 2.05) is 24.5 Å². The molecule has 0 unspecified atom stereocenters. The predicted molar refractivity (Wildman–Crippen MR) is 56.4 cm³/mol. The highest BCUT2D eigenvalue weighted by molar-refractivity contribution is 8.00. The van der Waals surface area contributed by atoms with Crippen LogP contribution in [0, 0.1) is 0 Å². The van der Waals surface area contributed by atoms with Crippen LogP contribution in [0.5, 0.6) is 0 Å². The van der Waals surface area contributed by atoms with Crippen LogP contribution < -0.4 is 0 Å². The van der Waals surface area contributed by atoms with Crippen LogP contribution in [0.1, 0.15) is 0 Å². The third-order valence-electron chi connectivity index (χ3n) is 1.51. The van der Waals surface area contributed by atoms with E-state index in [1.54, 1.807) is 23.1 Å². The Balaban J connectivity index is 2.67. The highest BCUT2D eigenvalue weighted by Crippen LogP contribution is 2.29. The summed E-state index contributed by atoms with van der Waals surface area (Å²) in [6.45, 7) is 0. The zero-order chi connectivity index (χ0) is 8.55. The van der Waals surface area contributed by atoms with Crippen molar-refractivity contribution in [3.8, 4) is 0 Å². The van der Waals surface area contributed by atoms with Crippen LogP contribution in [-0.2, 0) is 0 Å². The minimum absolute atomic E-state index is 0.777.